The molecule has 0 aliphatic rings. The molecule has 0 saturated carbocycles. The maximum Gasteiger partial charge on any atom is 0.339 e. The molecule has 0 unspecified atom stereocenters. The van der Waals surface area contributed by atoms with E-state index in [1.165, 1.54) is 19.1 Å². The largest absolute Gasteiger partial charge is 0.478 e. The average molecular weight is 412 g/mol. The summed E-state index contributed by atoms with van der Waals surface area (Å²) in [5.74, 6) is -1.94. The molecule has 2 aromatic rings. The molecule has 2 aromatic carbocycles. The van der Waals surface area contributed by atoms with Crippen molar-refractivity contribution in [2.24, 2.45) is 0 Å². The Bertz CT molecular complexity index is 842. The quantitative estimate of drug-likeness (QED) is 0.252. The summed E-state index contributed by atoms with van der Waals surface area (Å²) in [6.07, 6.45) is 2.97. The predicted molar refractivity (Wildman–Crippen MR) is 109 cm³/mol. The molecule has 158 valence electrons. The minimum Gasteiger partial charge on any atom is -0.478 e. The number of para-hydroxylation sites is 2. The molecule has 2 rings (SSSR count). The molecule has 0 aliphatic heterocycles. The summed E-state index contributed by atoms with van der Waals surface area (Å²) in [5, 5.41) is 9.09. The molecule has 0 radical (unpaired) electrons. The van der Waals surface area contributed by atoms with E-state index in [-0.39, 0.29) is 35.7 Å². The van der Waals surface area contributed by atoms with Crippen LogP contribution in [0.2, 0.25) is 0 Å². The third-order valence-corrected chi connectivity index (χ3v) is 4.34. The number of ether oxygens (including phenoxy) is 2. The lowest BCUT2D eigenvalue weighted by Crippen LogP contribution is -2.11. The van der Waals surface area contributed by atoms with Crippen molar-refractivity contribution in [3.8, 4) is 11.5 Å². The summed E-state index contributed by atoms with van der Waals surface area (Å²) >= 11 is 0. The first-order chi connectivity index (χ1) is 14.4. The highest BCUT2D eigenvalue weighted by molar-refractivity contribution is 5.97. The van der Waals surface area contributed by atoms with Gasteiger partial charge in [-0.1, -0.05) is 37.1 Å². The van der Waals surface area contributed by atoms with Crippen molar-refractivity contribution in [3.63, 3.8) is 0 Å². The van der Waals surface area contributed by atoms with Gasteiger partial charge in [-0.25, -0.2) is 4.79 Å². The van der Waals surface area contributed by atoms with Crippen molar-refractivity contribution in [1.82, 2.24) is 0 Å². The van der Waals surface area contributed by atoms with Crippen molar-refractivity contribution in [2.45, 2.75) is 45.4 Å². The minimum absolute atomic E-state index is 0.0311. The van der Waals surface area contributed by atoms with Gasteiger partial charge in [0.1, 0.15) is 17.1 Å². The van der Waals surface area contributed by atoms with Gasteiger partial charge in [0.2, 0.25) is 0 Å². The van der Waals surface area contributed by atoms with E-state index in [0.29, 0.717) is 24.8 Å². The molecule has 0 fully saturated rings. The summed E-state index contributed by atoms with van der Waals surface area (Å²) in [7, 11) is 0. The fraction of sp³-hybridized carbons (Fsp3) is 0.304. The van der Waals surface area contributed by atoms with Crippen LogP contribution in [0.1, 0.15) is 66.2 Å². The van der Waals surface area contributed by atoms with Crippen LogP contribution < -0.4 is 9.47 Å². The van der Waals surface area contributed by atoms with Gasteiger partial charge in [-0.05, 0) is 44.0 Å². The molecule has 1 N–H and O–H groups in total. The first-order valence-electron chi connectivity index (χ1n) is 9.72. The Kier molecular flexibility index (Phi) is 8.75. The van der Waals surface area contributed by atoms with Gasteiger partial charge in [0.15, 0.2) is 5.78 Å². The first-order valence-corrected chi connectivity index (χ1v) is 9.72. The Labute approximate surface area is 174 Å². The van der Waals surface area contributed by atoms with E-state index in [0.717, 1.165) is 6.42 Å². The Morgan fingerprint density at radius 1 is 0.700 bits per heavy atom. The van der Waals surface area contributed by atoms with Gasteiger partial charge in [0.25, 0.3) is 0 Å². The number of carbonyl (C=O) groups excluding carboxylic acids is 3. The molecule has 0 heterocycles. The average Bonchev–Trinajstić information content (AvgIpc) is 2.71. The zero-order chi connectivity index (χ0) is 21.9. The molecule has 7 nitrogen and oxygen atoms in total. The highest BCUT2D eigenvalue weighted by Crippen LogP contribution is 2.20. The minimum atomic E-state index is -1.16. The van der Waals surface area contributed by atoms with Gasteiger partial charge in [-0.15, -0.1) is 0 Å². The number of carbonyl (C=O) groups is 4. The maximum absolute atomic E-state index is 12.0. The monoisotopic (exact) mass is 412 g/mol. The summed E-state index contributed by atoms with van der Waals surface area (Å²) in [6.45, 7) is 1.41. The second kappa shape index (κ2) is 11.5. The Balaban J connectivity index is 1.65. The van der Waals surface area contributed by atoms with E-state index in [1.54, 1.807) is 36.4 Å². The van der Waals surface area contributed by atoms with Gasteiger partial charge in [0, 0.05) is 12.8 Å². The van der Waals surface area contributed by atoms with Crippen LogP contribution in [-0.2, 0) is 9.59 Å². The zero-order valence-electron chi connectivity index (χ0n) is 16.8. The number of carboxylic acid groups (broad SMARTS) is 1. The lowest BCUT2D eigenvalue weighted by molar-refractivity contribution is -0.135. The van der Waals surface area contributed by atoms with Crippen molar-refractivity contribution >= 4 is 23.7 Å². The normalized spacial score (nSPS) is 10.3. The molecule has 7 heteroatoms. The molecule has 30 heavy (non-hydrogen) atoms. The topological polar surface area (TPSA) is 107 Å². The van der Waals surface area contributed by atoms with E-state index in [4.69, 9.17) is 14.6 Å². The number of benzene rings is 2. The molecule has 0 atom stereocenters. The smallest absolute Gasteiger partial charge is 0.339 e. The van der Waals surface area contributed by atoms with Gasteiger partial charge >= 0.3 is 17.9 Å². The van der Waals surface area contributed by atoms with Crippen molar-refractivity contribution in [1.29, 1.82) is 0 Å². The molecule has 0 aliphatic carbocycles. The van der Waals surface area contributed by atoms with Crippen LogP contribution in [0.15, 0.2) is 48.5 Å². The number of Topliss-reactive ketones (excluding diaryl/α,β-unsaturated/α-hetero) is 1. The first kappa shape index (κ1) is 22.8. The SMILES string of the molecule is CC(=O)c1ccccc1OC(=O)CCCCCCC(=O)Oc1ccccc1C(=O)O. The molecule has 0 spiro atoms. The Morgan fingerprint density at radius 2 is 1.13 bits per heavy atom. The standard InChI is InChI=1S/C23H24O7/c1-16(24)17-10-6-8-12-19(17)29-21(25)14-4-2-3-5-15-22(26)30-20-13-9-7-11-18(20)23(27)28/h6-13H,2-5,14-15H2,1H3,(H,27,28). The number of hydrogen-bond donors (Lipinski definition) is 1. The van der Waals surface area contributed by atoms with Crippen LogP contribution >= 0.6 is 0 Å². The van der Waals surface area contributed by atoms with Crippen molar-refractivity contribution in [2.75, 3.05) is 0 Å². The second-order valence-corrected chi connectivity index (χ2v) is 6.72. The number of rotatable bonds is 11. The van der Waals surface area contributed by atoms with Gasteiger partial charge < -0.3 is 14.6 Å². The highest BCUT2D eigenvalue weighted by Gasteiger charge is 2.14. The number of unbranched alkanes of at least 4 members (excludes halogenated alkanes) is 3. The summed E-state index contributed by atoms with van der Waals surface area (Å²) in [4.78, 5) is 46.5. The van der Waals surface area contributed by atoms with Gasteiger partial charge in [-0.2, -0.15) is 0 Å². The van der Waals surface area contributed by atoms with Gasteiger partial charge in [0.05, 0.1) is 5.56 Å². The number of ketones is 1. The van der Waals surface area contributed by atoms with Crippen LogP contribution in [0, 0.1) is 0 Å². The number of aromatic carboxylic acids is 1. The number of carboxylic acids is 1. The van der Waals surface area contributed by atoms with E-state index in [1.807, 2.05) is 0 Å². The van der Waals surface area contributed by atoms with Crippen LogP contribution in [0.25, 0.3) is 0 Å². The number of esters is 2. The fourth-order valence-corrected chi connectivity index (χ4v) is 2.82. The lowest BCUT2D eigenvalue weighted by atomic mass is 10.1. The van der Waals surface area contributed by atoms with Gasteiger partial charge in [-0.3, -0.25) is 14.4 Å². The Morgan fingerprint density at radius 3 is 1.60 bits per heavy atom. The van der Waals surface area contributed by atoms with Crippen LogP contribution in [0.4, 0.5) is 0 Å². The fourth-order valence-electron chi connectivity index (χ4n) is 2.82. The lowest BCUT2D eigenvalue weighted by Gasteiger charge is -2.08. The molecule has 0 bridgehead atoms. The molecule has 0 amide bonds. The zero-order valence-corrected chi connectivity index (χ0v) is 16.8. The van der Waals surface area contributed by atoms with E-state index < -0.39 is 17.9 Å². The summed E-state index contributed by atoms with van der Waals surface area (Å²) in [5.41, 5.74) is 0.310. The maximum atomic E-state index is 12.0. The molecular weight excluding hydrogens is 388 g/mol. The molecular formula is C23H24O7. The summed E-state index contributed by atoms with van der Waals surface area (Å²) in [6, 6.07) is 12.6. The van der Waals surface area contributed by atoms with Crippen LogP contribution in [0.5, 0.6) is 11.5 Å². The molecule has 0 saturated heterocycles. The summed E-state index contributed by atoms with van der Waals surface area (Å²) < 4.78 is 10.4. The highest BCUT2D eigenvalue weighted by atomic mass is 16.5. The van der Waals surface area contributed by atoms with Crippen molar-refractivity contribution in [3.05, 3.63) is 59.7 Å². The molecule has 0 aromatic heterocycles. The third kappa shape index (κ3) is 7.16. The van der Waals surface area contributed by atoms with Crippen LogP contribution in [0.3, 0.4) is 0 Å². The third-order valence-electron chi connectivity index (χ3n) is 4.34. The second-order valence-electron chi connectivity index (χ2n) is 6.72. The predicted octanol–water partition coefficient (Wildman–Crippen LogP) is 4.44. The number of hydrogen-bond acceptors (Lipinski definition) is 6. The van der Waals surface area contributed by atoms with E-state index in [9.17, 15) is 19.2 Å². The van der Waals surface area contributed by atoms with Crippen LogP contribution in [-0.4, -0.2) is 28.8 Å². The Hall–Kier alpha value is -3.48. The van der Waals surface area contributed by atoms with Crippen molar-refractivity contribution < 1.29 is 33.8 Å². The van der Waals surface area contributed by atoms with E-state index in [2.05, 4.69) is 0 Å². The van der Waals surface area contributed by atoms with E-state index >= 15 is 0 Å².